The molecule has 0 amide bonds. The number of fused-ring (bicyclic) bond motifs is 2. The lowest BCUT2D eigenvalue weighted by Crippen LogP contribution is -2.48. The van der Waals surface area contributed by atoms with Gasteiger partial charge in [0.25, 0.3) is 5.56 Å². The van der Waals surface area contributed by atoms with Crippen LogP contribution in [0.5, 0.6) is 0 Å². The Bertz CT molecular complexity index is 1120. The van der Waals surface area contributed by atoms with Crippen LogP contribution in [0.15, 0.2) is 29.3 Å². The van der Waals surface area contributed by atoms with Crippen LogP contribution >= 0.6 is 0 Å². The Labute approximate surface area is 175 Å². The van der Waals surface area contributed by atoms with Crippen molar-refractivity contribution in [3.63, 3.8) is 0 Å². The number of aromatic nitrogens is 5. The number of anilines is 1. The van der Waals surface area contributed by atoms with Gasteiger partial charge in [-0.2, -0.15) is 5.10 Å². The number of hydrogen-bond acceptors (Lipinski definition) is 7. The predicted octanol–water partition coefficient (Wildman–Crippen LogP) is 1.59. The number of rotatable bonds is 4. The Balaban J connectivity index is 1.24. The van der Waals surface area contributed by atoms with E-state index in [1.807, 2.05) is 13.0 Å². The van der Waals surface area contributed by atoms with Crippen molar-refractivity contribution < 1.29 is 0 Å². The highest BCUT2D eigenvalue weighted by Crippen LogP contribution is 2.24. The maximum absolute atomic E-state index is 12.4. The van der Waals surface area contributed by atoms with Gasteiger partial charge in [-0.15, -0.1) is 0 Å². The highest BCUT2D eigenvalue weighted by molar-refractivity contribution is 5.88. The van der Waals surface area contributed by atoms with E-state index in [0.29, 0.717) is 6.54 Å². The number of piperazine rings is 1. The fraction of sp³-hybridized carbons (Fsp3) is 0.500. The van der Waals surface area contributed by atoms with E-state index in [1.54, 1.807) is 23.1 Å². The third-order valence-corrected chi connectivity index (χ3v) is 6.16. The zero-order chi connectivity index (χ0) is 20.5. The number of aryl methyl sites for hydroxylation is 3. The van der Waals surface area contributed by atoms with E-state index in [1.165, 1.54) is 12.8 Å². The molecule has 0 unspecified atom stereocenters. The quantitative estimate of drug-likeness (QED) is 0.652. The van der Waals surface area contributed by atoms with Gasteiger partial charge >= 0.3 is 0 Å². The van der Waals surface area contributed by atoms with E-state index < -0.39 is 0 Å². The molecule has 1 aliphatic carbocycles. The maximum Gasteiger partial charge on any atom is 0.267 e. The highest BCUT2D eigenvalue weighted by Gasteiger charge is 2.21. The van der Waals surface area contributed by atoms with Crippen molar-refractivity contribution >= 4 is 16.7 Å². The van der Waals surface area contributed by atoms with Crippen LogP contribution in [0.25, 0.3) is 10.9 Å². The minimum absolute atomic E-state index is 0.0332. The van der Waals surface area contributed by atoms with Gasteiger partial charge in [0.2, 0.25) is 0 Å². The van der Waals surface area contributed by atoms with Gasteiger partial charge in [-0.05, 0) is 44.2 Å². The molecule has 3 aromatic heterocycles. The molecule has 0 radical (unpaired) electrons. The summed E-state index contributed by atoms with van der Waals surface area (Å²) in [5.41, 5.74) is 3.19. The smallest absolute Gasteiger partial charge is 0.267 e. The summed E-state index contributed by atoms with van der Waals surface area (Å²) >= 11 is 0. The van der Waals surface area contributed by atoms with Crippen LogP contribution in [0, 0.1) is 6.92 Å². The van der Waals surface area contributed by atoms with Gasteiger partial charge in [0.1, 0.15) is 11.6 Å². The summed E-state index contributed by atoms with van der Waals surface area (Å²) in [5, 5.41) is 5.70. The summed E-state index contributed by atoms with van der Waals surface area (Å²) in [4.78, 5) is 30.5. The van der Waals surface area contributed by atoms with Gasteiger partial charge in [0.15, 0.2) is 0 Å². The highest BCUT2D eigenvalue weighted by atomic mass is 16.1. The Morgan fingerprint density at radius 1 is 1.03 bits per heavy atom. The summed E-state index contributed by atoms with van der Waals surface area (Å²) in [6, 6.07) is 3.79. The van der Waals surface area contributed by atoms with E-state index in [0.717, 1.165) is 79.4 Å². The van der Waals surface area contributed by atoms with Crippen molar-refractivity contribution in [3.05, 3.63) is 52.0 Å². The second kappa shape index (κ2) is 8.10. The van der Waals surface area contributed by atoms with Gasteiger partial charge < -0.3 is 4.90 Å². The number of hydrogen-bond donors (Lipinski definition) is 0. The van der Waals surface area contributed by atoms with Crippen molar-refractivity contribution in [2.24, 2.45) is 0 Å². The minimum atomic E-state index is 0.0332. The van der Waals surface area contributed by atoms with Crippen molar-refractivity contribution in [3.8, 4) is 0 Å². The molecular formula is C22H27N7O. The molecule has 0 bridgehead atoms. The molecule has 1 aliphatic heterocycles. The first-order chi connectivity index (χ1) is 14.7. The van der Waals surface area contributed by atoms with Crippen LogP contribution in [0.3, 0.4) is 0 Å². The first-order valence-electron chi connectivity index (χ1n) is 10.8. The summed E-state index contributed by atoms with van der Waals surface area (Å²) in [6.07, 6.45) is 7.93. The van der Waals surface area contributed by atoms with Crippen molar-refractivity contribution in [1.82, 2.24) is 29.6 Å². The first-order valence-corrected chi connectivity index (χ1v) is 10.8. The zero-order valence-corrected chi connectivity index (χ0v) is 17.4. The normalized spacial score (nSPS) is 17.3. The molecule has 0 aromatic carbocycles. The second-order valence-electron chi connectivity index (χ2n) is 8.20. The van der Waals surface area contributed by atoms with Crippen molar-refractivity contribution in [1.29, 1.82) is 0 Å². The third-order valence-electron chi connectivity index (χ3n) is 6.16. The van der Waals surface area contributed by atoms with Crippen LogP contribution < -0.4 is 10.5 Å². The molecule has 8 heteroatoms. The van der Waals surface area contributed by atoms with Crippen LogP contribution in [-0.4, -0.2) is 62.4 Å². The predicted molar refractivity (Wildman–Crippen MR) is 116 cm³/mol. The lowest BCUT2D eigenvalue weighted by molar-refractivity contribution is 0.242. The molecule has 1 fully saturated rings. The summed E-state index contributed by atoms with van der Waals surface area (Å²) in [5.74, 6) is 1.76. The fourth-order valence-electron chi connectivity index (χ4n) is 4.50. The summed E-state index contributed by atoms with van der Waals surface area (Å²) in [7, 11) is 0. The molecule has 156 valence electrons. The van der Waals surface area contributed by atoms with E-state index in [-0.39, 0.29) is 5.56 Å². The van der Waals surface area contributed by atoms with E-state index >= 15 is 0 Å². The van der Waals surface area contributed by atoms with Gasteiger partial charge in [-0.1, -0.05) is 0 Å². The van der Waals surface area contributed by atoms with E-state index in [9.17, 15) is 4.79 Å². The molecule has 0 saturated carbocycles. The van der Waals surface area contributed by atoms with E-state index in [2.05, 4.69) is 24.9 Å². The largest absolute Gasteiger partial charge is 0.353 e. The Morgan fingerprint density at radius 3 is 2.73 bits per heavy atom. The minimum Gasteiger partial charge on any atom is -0.353 e. The molecule has 8 nitrogen and oxygen atoms in total. The zero-order valence-electron chi connectivity index (χ0n) is 17.4. The van der Waals surface area contributed by atoms with Crippen molar-refractivity contribution in [2.75, 3.05) is 37.6 Å². The van der Waals surface area contributed by atoms with Crippen molar-refractivity contribution in [2.45, 2.75) is 39.2 Å². The van der Waals surface area contributed by atoms with Gasteiger partial charge in [0, 0.05) is 50.4 Å². The molecular weight excluding hydrogens is 378 g/mol. The van der Waals surface area contributed by atoms with E-state index in [4.69, 9.17) is 4.98 Å². The molecule has 30 heavy (non-hydrogen) atoms. The SMILES string of the molecule is Cc1nc(N2CCN(CCn3nc4c(cc3=O)CCCC4)CC2)c2ccncc2n1. The molecule has 0 atom stereocenters. The first kappa shape index (κ1) is 19.1. The monoisotopic (exact) mass is 405 g/mol. The molecule has 4 heterocycles. The van der Waals surface area contributed by atoms with Crippen LogP contribution in [0.4, 0.5) is 5.82 Å². The fourth-order valence-corrected chi connectivity index (χ4v) is 4.50. The molecule has 0 spiro atoms. The standard InChI is InChI=1S/C22H27N7O/c1-16-24-20-15-23-7-6-18(20)22(25-16)28-11-8-27(9-12-28)10-13-29-21(30)14-17-4-2-3-5-19(17)26-29/h6-7,14-15H,2-5,8-13H2,1H3. The number of pyridine rings is 1. The molecule has 0 N–H and O–H groups in total. The molecule has 5 rings (SSSR count). The molecule has 1 saturated heterocycles. The van der Waals surface area contributed by atoms with Gasteiger partial charge in [0.05, 0.1) is 24.0 Å². The second-order valence-corrected chi connectivity index (χ2v) is 8.20. The average molecular weight is 406 g/mol. The van der Waals surface area contributed by atoms with Gasteiger partial charge in [-0.3, -0.25) is 14.7 Å². The Morgan fingerprint density at radius 2 is 1.87 bits per heavy atom. The summed E-state index contributed by atoms with van der Waals surface area (Å²) in [6.45, 7) is 7.10. The Kier molecular flexibility index (Phi) is 5.16. The van der Waals surface area contributed by atoms with Crippen LogP contribution in [0.1, 0.15) is 29.9 Å². The average Bonchev–Trinajstić information content (AvgIpc) is 2.77. The third kappa shape index (κ3) is 3.79. The summed E-state index contributed by atoms with van der Waals surface area (Å²) < 4.78 is 1.66. The molecule has 3 aromatic rings. The Hall–Kier alpha value is -2.87. The molecule has 2 aliphatic rings. The van der Waals surface area contributed by atoms with Crippen LogP contribution in [-0.2, 0) is 19.4 Å². The maximum atomic E-state index is 12.4. The lowest BCUT2D eigenvalue weighted by Gasteiger charge is -2.35. The number of nitrogens with zero attached hydrogens (tertiary/aromatic N) is 7. The topological polar surface area (TPSA) is 80.0 Å². The lowest BCUT2D eigenvalue weighted by atomic mass is 9.97. The van der Waals surface area contributed by atoms with Gasteiger partial charge in [-0.25, -0.2) is 14.6 Å². The van der Waals surface area contributed by atoms with Crippen LogP contribution in [0.2, 0.25) is 0 Å².